The number of nitrogens with one attached hydrogen (secondary N) is 2. The summed E-state index contributed by atoms with van der Waals surface area (Å²) in [4.78, 5) is 31.4. The molecule has 8 nitrogen and oxygen atoms in total. The van der Waals surface area contributed by atoms with Gasteiger partial charge in [-0.2, -0.15) is 0 Å². The van der Waals surface area contributed by atoms with E-state index in [1.165, 1.54) is 30.0 Å². The van der Waals surface area contributed by atoms with Gasteiger partial charge in [0.1, 0.15) is 5.82 Å². The smallest absolute Gasteiger partial charge is 0.271 e. The number of nitro benzene ring substituents is 1. The third kappa shape index (κ3) is 4.68. The third-order valence-corrected chi connectivity index (χ3v) is 4.86. The lowest BCUT2D eigenvalue weighted by Gasteiger charge is -2.10. The Morgan fingerprint density at radius 1 is 1.25 bits per heavy atom. The maximum Gasteiger partial charge on any atom is 0.271 e. The van der Waals surface area contributed by atoms with E-state index in [0.717, 1.165) is 16.7 Å². The molecular weight excluding hydrogens is 402 g/mol. The van der Waals surface area contributed by atoms with Gasteiger partial charge < -0.3 is 10.6 Å². The molecule has 144 valence electrons. The highest BCUT2D eigenvalue weighted by molar-refractivity contribution is 7.99. The first-order valence-electron chi connectivity index (χ1n) is 8.35. The molecule has 0 aliphatic heterocycles. The number of nitrogens with zero attached hydrogens (tertiary/aromatic N) is 3. The minimum absolute atomic E-state index is 0.0667. The van der Waals surface area contributed by atoms with Crippen LogP contribution in [0.5, 0.6) is 0 Å². The van der Waals surface area contributed by atoms with Crippen LogP contribution in [0.4, 0.5) is 17.2 Å². The first kappa shape index (κ1) is 19.8. The maximum absolute atomic E-state index is 12.2. The minimum atomic E-state index is -0.549. The Morgan fingerprint density at radius 2 is 2.04 bits per heavy atom. The Labute approximate surface area is 169 Å². The second-order valence-electron chi connectivity index (χ2n) is 5.66. The maximum atomic E-state index is 12.2. The molecule has 1 heterocycles. The number of carbonyl (C=O) groups is 1. The monoisotopic (exact) mass is 417 g/mol. The van der Waals surface area contributed by atoms with Crippen molar-refractivity contribution in [3.8, 4) is 0 Å². The SMILES string of the molecule is CCNc1nc(SCC(=O)Nc2ccc([N+](=O)[O-])cc2Cl)nc2ccccc12. The van der Waals surface area contributed by atoms with Gasteiger partial charge in [-0.3, -0.25) is 14.9 Å². The summed E-state index contributed by atoms with van der Waals surface area (Å²) in [6.45, 7) is 2.69. The van der Waals surface area contributed by atoms with Crippen LogP contribution in [0.15, 0.2) is 47.6 Å². The number of amides is 1. The van der Waals surface area contributed by atoms with Crippen molar-refractivity contribution in [1.29, 1.82) is 0 Å². The van der Waals surface area contributed by atoms with Crippen molar-refractivity contribution in [2.45, 2.75) is 12.1 Å². The average Bonchev–Trinajstić information content (AvgIpc) is 2.68. The summed E-state index contributed by atoms with van der Waals surface area (Å²) in [7, 11) is 0. The van der Waals surface area contributed by atoms with Crippen LogP contribution in [-0.2, 0) is 4.79 Å². The lowest BCUT2D eigenvalue weighted by atomic mass is 10.2. The molecule has 0 unspecified atom stereocenters. The lowest BCUT2D eigenvalue weighted by Crippen LogP contribution is -2.15. The number of non-ortho nitro benzene ring substituents is 1. The number of para-hydroxylation sites is 1. The molecule has 3 aromatic rings. The molecule has 0 aliphatic rings. The van der Waals surface area contributed by atoms with Gasteiger partial charge in [0.2, 0.25) is 5.91 Å². The van der Waals surface area contributed by atoms with Crippen molar-refractivity contribution in [2.24, 2.45) is 0 Å². The molecule has 0 saturated heterocycles. The number of benzene rings is 2. The summed E-state index contributed by atoms with van der Waals surface area (Å²) in [6, 6.07) is 11.5. The highest BCUT2D eigenvalue weighted by Gasteiger charge is 2.13. The molecule has 3 rings (SSSR count). The van der Waals surface area contributed by atoms with E-state index in [9.17, 15) is 14.9 Å². The molecule has 0 aliphatic carbocycles. The first-order chi connectivity index (χ1) is 13.5. The summed E-state index contributed by atoms with van der Waals surface area (Å²) in [5.41, 5.74) is 0.957. The van der Waals surface area contributed by atoms with Crippen LogP contribution < -0.4 is 10.6 Å². The number of hydrogen-bond acceptors (Lipinski definition) is 7. The summed E-state index contributed by atoms with van der Waals surface area (Å²) in [5.74, 6) is 0.467. The van der Waals surface area contributed by atoms with E-state index in [2.05, 4.69) is 20.6 Å². The summed E-state index contributed by atoms with van der Waals surface area (Å²) in [5, 5.41) is 18.1. The number of rotatable bonds is 7. The van der Waals surface area contributed by atoms with Gasteiger partial charge >= 0.3 is 0 Å². The predicted octanol–water partition coefficient (Wildman–Crippen LogP) is 4.35. The number of carbonyl (C=O) groups excluding carboxylic acids is 1. The van der Waals surface area contributed by atoms with Crippen LogP contribution in [0.3, 0.4) is 0 Å². The number of nitro groups is 1. The highest BCUT2D eigenvalue weighted by atomic mass is 35.5. The average molecular weight is 418 g/mol. The normalized spacial score (nSPS) is 10.6. The van der Waals surface area contributed by atoms with Crippen LogP contribution in [0, 0.1) is 10.1 Å². The van der Waals surface area contributed by atoms with Gasteiger partial charge in [0.05, 0.1) is 26.9 Å². The fraction of sp³-hybridized carbons (Fsp3) is 0.167. The molecule has 0 radical (unpaired) electrons. The number of fused-ring (bicyclic) bond motifs is 1. The van der Waals surface area contributed by atoms with Crippen LogP contribution in [0.1, 0.15) is 6.92 Å². The fourth-order valence-electron chi connectivity index (χ4n) is 2.46. The van der Waals surface area contributed by atoms with E-state index in [4.69, 9.17) is 11.6 Å². The minimum Gasteiger partial charge on any atom is -0.370 e. The number of hydrogen-bond donors (Lipinski definition) is 2. The van der Waals surface area contributed by atoms with Crippen molar-refractivity contribution in [3.05, 3.63) is 57.6 Å². The topological polar surface area (TPSA) is 110 Å². The zero-order valence-corrected chi connectivity index (χ0v) is 16.4. The van der Waals surface area contributed by atoms with Crippen LogP contribution in [0.2, 0.25) is 5.02 Å². The highest BCUT2D eigenvalue weighted by Crippen LogP contribution is 2.28. The van der Waals surface area contributed by atoms with E-state index >= 15 is 0 Å². The lowest BCUT2D eigenvalue weighted by molar-refractivity contribution is -0.384. The molecule has 1 aromatic heterocycles. The van der Waals surface area contributed by atoms with Gasteiger partial charge in [0.15, 0.2) is 5.16 Å². The van der Waals surface area contributed by atoms with E-state index in [-0.39, 0.29) is 22.4 Å². The van der Waals surface area contributed by atoms with Crippen molar-refractivity contribution in [2.75, 3.05) is 22.9 Å². The standard InChI is InChI=1S/C18H16ClN5O3S/c1-2-20-17-12-5-3-4-6-14(12)22-18(23-17)28-10-16(25)21-15-8-7-11(24(26)27)9-13(15)19/h3-9H,2,10H2,1H3,(H,21,25)(H,20,22,23). The molecule has 28 heavy (non-hydrogen) atoms. The Hall–Kier alpha value is -2.91. The quantitative estimate of drug-likeness (QED) is 0.254. The van der Waals surface area contributed by atoms with Crippen molar-refractivity contribution in [1.82, 2.24) is 9.97 Å². The molecule has 0 saturated carbocycles. The first-order valence-corrected chi connectivity index (χ1v) is 9.71. The third-order valence-electron chi connectivity index (χ3n) is 3.70. The fourth-order valence-corrected chi connectivity index (χ4v) is 3.33. The van der Waals surface area contributed by atoms with E-state index < -0.39 is 4.92 Å². The molecule has 0 atom stereocenters. The Bertz CT molecular complexity index is 1050. The number of aromatic nitrogens is 2. The molecule has 0 bridgehead atoms. The zero-order chi connectivity index (χ0) is 20.1. The van der Waals surface area contributed by atoms with E-state index in [0.29, 0.717) is 17.4 Å². The molecule has 10 heteroatoms. The summed E-state index contributed by atoms with van der Waals surface area (Å²) < 4.78 is 0. The Kier molecular flexibility index (Phi) is 6.27. The van der Waals surface area contributed by atoms with E-state index in [1.807, 2.05) is 31.2 Å². The molecule has 2 aromatic carbocycles. The largest absolute Gasteiger partial charge is 0.370 e. The zero-order valence-electron chi connectivity index (χ0n) is 14.8. The number of halogens is 1. The van der Waals surface area contributed by atoms with Gasteiger partial charge in [-0.05, 0) is 25.1 Å². The van der Waals surface area contributed by atoms with Gasteiger partial charge in [0, 0.05) is 24.1 Å². The van der Waals surface area contributed by atoms with Gasteiger partial charge in [-0.1, -0.05) is 35.5 Å². The molecule has 0 fully saturated rings. The Balaban J connectivity index is 1.70. The summed E-state index contributed by atoms with van der Waals surface area (Å²) >= 11 is 7.19. The van der Waals surface area contributed by atoms with Crippen molar-refractivity contribution >= 4 is 57.4 Å². The van der Waals surface area contributed by atoms with Crippen molar-refractivity contribution in [3.63, 3.8) is 0 Å². The second-order valence-corrected chi connectivity index (χ2v) is 7.01. The molecule has 1 amide bonds. The van der Waals surface area contributed by atoms with Gasteiger partial charge in [-0.25, -0.2) is 9.97 Å². The second kappa shape index (κ2) is 8.85. The van der Waals surface area contributed by atoms with Gasteiger partial charge in [-0.15, -0.1) is 0 Å². The molecule has 2 N–H and O–H groups in total. The molecule has 0 spiro atoms. The Morgan fingerprint density at radius 3 is 2.75 bits per heavy atom. The van der Waals surface area contributed by atoms with Gasteiger partial charge in [0.25, 0.3) is 5.69 Å². The van der Waals surface area contributed by atoms with Crippen LogP contribution >= 0.6 is 23.4 Å². The number of thioether (sulfide) groups is 1. The van der Waals surface area contributed by atoms with Crippen LogP contribution in [0.25, 0.3) is 10.9 Å². The van der Waals surface area contributed by atoms with Crippen molar-refractivity contribution < 1.29 is 9.72 Å². The number of anilines is 2. The summed E-state index contributed by atoms with van der Waals surface area (Å²) in [6.07, 6.45) is 0. The van der Waals surface area contributed by atoms with Crippen LogP contribution in [-0.4, -0.2) is 33.1 Å². The van der Waals surface area contributed by atoms with E-state index in [1.54, 1.807) is 0 Å². The predicted molar refractivity (Wildman–Crippen MR) is 111 cm³/mol. The molecular formula is C18H16ClN5O3S.